The molecular weight excluding hydrogens is 572 g/mol. The normalized spacial score (nSPS) is 17.7. The maximum absolute atomic E-state index is 12.5. The van der Waals surface area contributed by atoms with Gasteiger partial charge in [-0.1, -0.05) is 49.5 Å². The zero-order valence-corrected chi connectivity index (χ0v) is 25.4. The summed E-state index contributed by atoms with van der Waals surface area (Å²) in [6, 6.07) is 10.5. The van der Waals surface area contributed by atoms with Crippen LogP contribution in [-0.4, -0.2) is 48.0 Å². The predicted octanol–water partition coefficient (Wildman–Crippen LogP) is 4.00. The highest BCUT2D eigenvalue weighted by Gasteiger charge is 2.21. The van der Waals surface area contributed by atoms with E-state index in [1.165, 1.54) is 6.07 Å². The number of ketones is 1. The number of ether oxygens (including phenoxy) is 1. The molecular formula is C35H42N4O6. The van der Waals surface area contributed by atoms with E-state index in [0.29, 0.717) is 24.8 Å². The molecule has 3 heterocycles. The van der Waals surface area contributed by atoms with E-state index in [9.17, 15) is 25.2 Å². The van der Waals surface area contributed by atoms with Gasteiger partial charge < -0.3 is 46.2 Å². The lowest BCUT2D eigenvalue weighted by Crippen LogP contribution is -2.20. The van der Waals surface area contributed by atoms with Crippen molar-refractivity contribution in [2.24, 2.45) is 11.5 Å². The number of aromatic nitrogens is 2. The molecule has 0 amide bonds. The Morgan fingerprint density at radius 2 is 1.96 bits per heavy atom. The van der Waals surface area contributed by atoms with E-state index in [1.807, 2.05) is 42.2 Å². The van der Waals surface area contributed by atoms with Gasteiger partial charge in [0.25, 0.3) is 0 Å². The number of aliphatic hydroxyl groups excluding tert-OH is 3. The average Bonchev–Trinajstić information content (AvgIpc) is 3.58. The molecule has 1 aliphatic heterocycles. The molecule has 0 saturated heterocycles. The molecule has 0 saturated carbocycles. The van der Waals surface area contributed by atoms with E-state index < -0.39 is 30.7 Å². The maximum Gasteiger partial charge on any atom is 0.186 e. The molecule has 0 radical (unpaired) electrons. The maximum atomic E-state index is 12.5. The Morgan fingerprint density at radius 1 is 1.13 bits per heavy atom. The van der Waals surface area contributed by atoms with Crippen molar-refractivity contribution in [1.29, 1.82) is 0 Å². The number of nitrogens with two attached hydrogens (primary N) is 2. The van der Waals surface area contributed by atoms with E-state index in [0.717, 1.165) is 39.6 Å². The molecule has 4 aromatic rings. The standard InChI is InChI=1S/C35H42N4O6/c1-2-4-25(40)16-27(42)17-26(41)10-7-21-8-12-32(44)33(13-21)45-34-6-3-5-31(43)28-11-9-22(35(36)37)14-23(28)15-24-18-38-30-20-39(34)19-29(24)30/h8-9,11-14,18-20,25,27,31,34-35,38,40,42-44H,2,4,6-7,10,15-17,36-37H2,1H3. The Morgan fingerprint density at radius 3 is 2.73 bits per heavy atom. The minimum atomic E-state index is -1.03. The van der Waals surface area contributed by atoms with Crippen molar-refractivity contribution in [3.63, 3.8) is 0 Å². The Hall–Kier alpha value is -4.11. The number of aryl methyl sites for hydroxylation is 1. The fourth-order valence-electron chi connectivity index (χ4n) is 5.84. The van der Waals surface area contributed by atoms with E-state index >= 15 is 0 Å². The highest BCUT2D eigenvalue weighted by molar-refractivity contribution is 5.83. The minimum Gasteiger partial charge on any atom is -0.504 e. The molecule has 0 fully saturated rings. The number of nitrogens with one attached hydrogen (secondary N) is 1. The Balaban J connectivity index is 1.34. The third-order valence-corrected chi connectivity index (χ3v) is 8.28. The van der Waals surface area contributed by atoms with Gasteiger partial charge in [0, 0.05) is 43.2 Å². The van der Waals surface area contributed by atoms with Gasteiger partial charge in [-0.3, -0.25) is 4.79 Å². The molecule has 238 valence electrons. The van der Waals surface area contributed by atoms with Gasteiger partial charge in [-0.15, -0.1) is 0 Å². The lowest BCUT2D eigenvalue weighted by Gasteiger charge is -2.20. The molecule has 2 aromatic heterocycles. The first-order valence-corrected chi connectivity index (χ1v) is 15.4. The van der Waals surface area contributed by atoms with Crippen molar-refractivity contribution >= 4 is 16.7 Å². The molecule has 2 bridgehead atoms. The van der Waals surface area contributed by atoms with E-state index in [1.54, 1.807) is 18.2 Å². The lowest BCUT2D eigenvalue weighted by atomic mass is 9.94. The molecule has 4 unspecified atom stereocenters. The number of H-pyrrole nitrogens is 1. The highest BCUT2D eigenvalue weighted by atomic mass is 16.5. The summed E-state index contributed by atoms with van der Waals surface area (Å²) in [5.74, 6) is 6.10. The molecule has 1 aliphatic rings. The number of aromatic amines is 1. The second-order valence-electron chi connectivity index (χ2n) is 11.9. The fourth-order valence-corrected chi connectivity index (χ4v) is 5.84. The first-order chi connectivity index (χ1) is 21.6. The van der Waals surface area contributed by atoms with Crippen LogP contribution >= 0.6 is 0 Å². The minimum absolute atomic E-state index is 0.0101. The molecule has 4 atom stereocenters. The number of hydrogen-bond acceptors (Lipinski definition) is 8. The molecule has 0 aliphatic carbocycles. The smallest absolute Gasteiger partial charge is 0.186 e. The van der Waals surface area contributed by atoms with Crippen LogP contribution in [0, 0.1) is 11.8 Å². The summed E-state index contributed by atoms with van der Waals surface area (Å²) in [6.07, 6.45) is 5.01. The first kappa shape index (κ1) is 32.3. The summed E-state index contributed by atoms with van der Waals surface area (Å²) < 4.78 is 8.22. The number of carbonyl (C=O) groups excluding carboxylic acids is 1. The molecule has 5 rings (SSSR count). The summed E-state index contributed by atoms with van der Waals surface area (Å²) in [4.78, 5) is 15.8. The number of Topliss-reactive ketones (excluding diaryl/α,β-unsaturated/α-hetero) is 1. The average molecular weight is 615 g/mol. The van der Waals surface area contributed by atoms with Crippen molar-refractivity contribution < 1.29 is 30.0 Å². The molecule has 0 spiro atoms. The fraction of sp³-hybridized carbons (Fsp3) is 0.400. The summed E-state index contributed by atoms with van der Waals surface area (Å²) >= 11 is 0. The second-order valence-corrected chi connectivity index (χ2v) is 11.9. The van der Waals surface area contributed by atoms with Crippen molar-refractivity contribution in [3.05, 3.63) is 82.8 Å². The lowest BCUT2D eigenvalue weighted by molar-refractivity contribution is -0.121. The predicted molar refractivity (Wildman–Crippen MR) is 171 cm³/mol. The second kappa shape index (κ2) is 14.3. The number of phenols is 1. The van der Waals surface area contributed by atoms with Crippen LogP contribution in [0.2, 0.25) is 0 Å². The summed E-state index contributed by atoms with van der Waals surface area (Å²) in [6.45, 7) is 1.96. The van der Waals surface area contributed by atoms with Crippen LogP contribution in [0.1, 0.15) is 91.8 Å². The number of aromatic hydroxyl groups is 1. The monoisotopic (exact) mass is 614 g/mol. The van der Waals surface area contributed by atoms with Crippen LogP contribution in [0.15, 0.2) is 55.0 Å². The van der Waals surface area contributed by atoms with Crippen molar-refractivity contribution in [3.8, 4) is 23.3 Å². The largest absolute Gasteiger partial charge is 0.504 e. The van der Waals surface area contributed by atoms with E-state index in [2.05, 4.69) is 16.8 Å². The number of phenolic OH excluding ortho intramolecular Hbond substituents is 1. The van der Waals surface area contributed by atoms with Crippen LogP contribution in [0.5, 0.6) is 11.5 Å². The van der Waals surface area contributed by atoms with Crippen LogP contribution < -0.4 is 16.2 Å². The van der Waals surface area contributed by atoms with E-state index in [4.69, 9.17) is 16.2 Å². The van der Waals surface area contributed by atoms with Gasteiger partial charge in [-0.2, -0.15) is 0 Å². The number of nitrogens with zero attached hydrogens (tertiary/aromatic N) is 1. The van der Waals surface area contributed by atoms with Crippen molar-refractivity contribution in [1.82, 2.24) is 9.55 Å². The van der Waals surface area contributed by atoms with E-state index in [-0.39, 0.29) is 43.0 Å². The van der Waals surface area contributed by atoms with Crippen LogP contribution in [0.25, 0.3) is 10.9 Å². The summed E-state index contributed by atoms with van der Waals surface area (Å²) in [7, 11) is 0. The number of benzene rings is 2. The van der Waals surface area contributed by atoms with Gasteiger partial charge in [0.15, 0.2) is 17.7 Å². The third kappa shape index (κ3) is 7.95. The van der Waals surface area contributed by atoms with Gasteiger partial charge in [0.2, 0.25) is 0 Å². The van der Waals surface area contributed by atoms with Crippen LogP contribution in [0.4, 0.5) is 0 Å². The third-order valence-electron chi connectivity index (χ3n) is 8.28. The van der Waals surface area contributed by atoms with Gasteiger partial charge in [0.05, 0.1) is 30.3 Å². The Bertz CT molecular complexity index is 1700. The number of carbonyl (C=O) groups is 1. The molecule has 2 aromatic carbocycles. The van der Waals surface area contributed by atoms with Crippen molar-refractivity contribution in [2.45, 2.75) is 89.0 Å². The Labute approximate surface area is 262 Å². The number of rotatable bonds is 12. The van der Waals surface area contributed by atoms with Gasteiger partial charge >= 0.3 is 0 Å². The van der Waals surface area contributed by atoms with Crippen LogP contribution in [0.3, 0.4) is 0 Å². The molecule has 10 nitrogen and oxygen atoms in total. The first-order valence-electron chi connectivity index (χ1n) is 15.4. The van der Waals surface area contributed by atoms with Crippen LogP contribution in [-0.2, 0) is 17.6 Å². The highest BCUT2D eigenvalue weighted by Crippen LogP contribution is 2.34. The molecule has 45 heavy (non-hydrogen) atoms. The number of hydrogen-bond donors (Lipinski definition) is 7. The van der Waals surface area contributed by atoms with Gasteiger partial charge in [0.1, 0.15) is 11.9 Å². The quantitative estimate of drug-likeness (QED) is 0.0924. The topological polar surface area (TPSA) is 180 Å². The number of aliphatic hydroxyl groups is 3. The summed E-state index contributed by atoms with van der Waals surface area (Å²) in [5.41, 5.74) is 16.9. The van der Waals surface area contributed by atoms with Gasteiger partial charge in [-0.05, 0) is 59.2 Å². The zero-order chi connectivity index (χ0) is 32.1. The Kier molecular flexibility index (Phi) is 10.3. The van der Waals surface area contributed by atoms with Gasteiger partial charge in [-0.25, -0.2) is 0 Å². The van der Waals surface area contributed by atoms with Crippen molar-refractivity contribution in [2.75, 3.05) is 0 Å². The number of fused-ring (bicyclic) bond motifs is 2. The summed E-state index contributed by atoms with van der Waals surface area (Å²) in [5, 5.41) is 42.8. The SMILES string of the molecule is CCCC(O)CC(O)CC(=O)CCc1ccc(O)c(OC2CC#CC(O)c3ccc(C(N)N)cc3Cc3c[nH]c4cn2cc34)c1. The molecule has 9 N–H and O–H groups in total. The zero-order valence-electron chi connectivity index (χ0n) is 25.4. The molecule has 10 heteroatoms.